The summed E-state index contributed by atoms with van der Waals surface area (Å²) in [6.07, 6.45) is 0.881. The van der Waals surface area contributed by atoms with Crippen molar-refractivity contribution in [2.75, 3.05) is 34.7 Å². The van der Waals surface area contributed by atoms with Crippen LogP contribution in [0.1, 0.15) is 22.3 Å². The monoisotopic (exact) mass is 464 g/mol. The molecule has 0 fully saturated rings. The SMILES string of the molecule is Nc1ccc2c(c1)CN(c1ccc(Cc3ccc(N4COc5ccc(N)cc5C4)cc3)cc1)CO2. The van der Waals surface area contributed by atoms with Crippen LogP contribution in [-0.2, 0) is 19.5 Å². The zero-order valence-electron chi connectivity index (χ0n) is 19.5. The fourth-order valence-electron chi connectivity index (χ4n) is 4.74. The van der Waals surface area contributed by atoms with E-state index >= 15 is 0 Å². The summed E-state index contributed by atoms with van der Waals surface area (Å²) < 4.78 is 11.8. The van der Waals surface area contributed by atoms with E-state index in [0.29, 0.717) is 13.5 Å². The summed E-state index contributed by atoms with van der Waals surface area (Å²) in [6, 6.07) is 29.1. The van der Waals surface area contributed by atoms with Gasteiger partial charge in [0.15, 0.2) is 13.5 Å². The second-order valence-corrected chi connectivity index (χ2v) is 9.19. The van der Waals surface area contributed by atoms with Gasteiger partial charge in [-0.2, -0.15) is 0 Å². The molecule has 6 heteroatoms. The molecule has 0 unspecified atom stereocenters. The van der Waals surface area contributed by atoms with Crippen LogP contribution in [0, 0.1) is 0 Å². The Morgan fingerprint density at radius 2 is 1.00 bits per heavy atom. The zero-order valence-corrected chi connectivity index (χ0v) is 19.5. The summed E-state index contributed by atoms with van der Waals surface area (Å²) in [5, 5.41) is 0. The molecule has 2 aliphatic heterocycles. The van der Waals surface area contributed by atoms with Gasteiger partial charge in [0.1, 0.15) is 11.5 Å². The molecule has 2 aliphatic rings. The van der Waals surface area contributed by atoms with Crippen LogP contribution in [-0.4, -0.2) is 13.5 Å². The number of nitrogens with zero attached hydrogens (tertiary/aromatic N) is 2. The van der Waals surface area contributed by atoms with Crippen molar-refractivity contribution in [3.8, 4) is 11.5 Å². The first kappa shape index (κ1) is 21.2. The summed E-state index contributed by atoms with van der Waals surface area (Å²) in [5.74, 6) is 1.83. The molecule has 2 heterocycles. The summed E-state index contributed by atoms with van der Waals surface area (Å²) >= 11 is 0. The maximum Gasteiger partial charge on any atom is 0.161 e. The summed E-state index contributed by atoms with van der Waals surface area (Å²) in [5.41, 5.74) is 20.5. The molecule has 6 nitrogen and oxygen atoms in total. The van der Waals surface area contributed by atoms with E-state index in [2.05, 4.69) is 58.3 Å². The number of anilines is 4. The highest BCUT2D eigenvalue weighted by molar-refractivity contribution is 5.56. The van der Waals surface area contributed by atoms with E-state index in [1.165, 1.54) is 11.1 Å². The van der Waals surface area contributed by atoms with Crippen LogP contribution in [0.3, 0.4) is 0 Å². The third kappa shape index (κ3) is 4.43. The van der Waals surface area contributed by atoms with Gasteiger partial charge in [-0.05, 0) is 78.2 Å². The highest BCUT2D eigenvalue weighted by Crippen LogP contribution is 2.31. The van der Waals surface area contributed by atoms with E-state index in [9.17, 15) is 0 Å². The van der Waals surface area contributed by atoms with Gasteiger partial charge in [-0.3, -0.25) is 0 Å². The number of rotatable bonds is 4. The molecule has 0 aromatic heterocycles. The number of hydrogen-bond acceptors (Lipinski definition) is 6. The molecule has 6 rings (SSSR count). The van der Waals surface area contributed by atoms with Crippen molar-refractivity contribution >= 4 is 22.7 Å². The van der Waals surface area contributed by atoms with Gasteiger partial charge in [0.25, 0.3) is 0 Å². The predicted molar refractivity (Wildman–Crippen MR) is 141 cm³/mol. The minimum atomic E-state index is 0.537. The number of benzene rings is 4. The van der Waals surface area contributed by atoms with Gasteiger partial charge in [-0.1, -0.05) is 24.3 Å². The molecule has 0 saturated heterocycles. The standard InChI is InChI=1S/C29H28N4O2/c30-24-5-11-28-22(14-24)16-32(18-34-28)26-7-1-20(2-8-26)13-21-3-9-27(10-4-21)33-17-23-15-25(31)6-12-29(23)35-19-33/h1-12,14-15H,13,16-19,30-31H2. The molecule has 0 amide bonds. The molecule has 4 N–H and O–H groups in total. The van der Waals surface area contributed by atoms with Crippen molar-refractivity contribution < 1.29 is 9.47 Å². The molecular weight excluding hydrogens is 436 g/mol. The highest BCUT2D eigenvalue weighted by atomic mass is 16.5. The average Bonchev–Trinajstić information content (AvgIpc) is 2.89. The zero-order chi connectivity index (χ0) is 23.8. The molecule has 0 radical (unpaired) electrons. The number of hydrogen-bond donors (Lipinski definition) is 2. The minimum absolute atomic E-state index is 0.537. The smallest absolute Gasteiger partial charge is 0.161 e. The normalized spacial score (nSPS) is 14.5. The minimum Gasteiger partial charge on any atom is -0.473 e. The lowest BCUT2D eigenvalue weighted by atomic mass is 10.0. The Balaban J connectivity index is 1.10. The van der Waals surface area contributed by atoms with Gasteiger partial charge >= 0.3 is 0 Å². The highest BCUT2D eigenvalue weighted by Gasteiger charge is 2.19. The van der Waals surface area contributed by atoms with Gasteiger partial charge in [-0.15, -0.1) is 0 Å². The number of fused-ring (bicyclic) bond motifs is 2. The van der Waals surface area contributed by atoms with Crippen LogP contribution >= 0.6 is 0 Å². The van der Waals surface area contributed by atoms with Crippen LogP contribution in [0.2, 0.25) is 0 Å². The number of ether oxygens (including phenoxy) is 2. The van der Waals surface area contributed by atoms with Gasteiger partial charge in [0.2, 0.25) is 0 Å². The van der Waals surface area contributed by atoms with E-state index in [-0.39, 0.29) is 0 Å². The topological polar surface area (TPSA) is 77.0 Å². The molecule has 0 bridgehead atoms. The Morgan fingerprint density at radius 3 is 1.43 bits per heavy atom. The molecule has 0 atom stereocenters. The number of nitrogens with two attached hydrogens (primary N) is 2. The molecule has 4 aromatic carbocycles. The van der Waals surface area contributed by atoms with Crippen molar-refractivity contribution in [1.82, 2.24) is 0 Å². The van der Waals surface area contributed by atoms with Crippen molar-refractivity contribution in [2.24, 2.45) is 0 Å². The molecule has 0 saturated carbocycles. The van der Waals surface area contributed by atoms with Crippen LogP contribution < -0.4 is 30.7 Å². The van der Waals surface area contributed by atoms with Crippen molar-refractivity contribution in [3.63, 3.8) is 0 Å². The Bertz CT molecular complexity index is 1250. The van der Waals surface area contributed by atoms with Crippen LogP contribution in [0.5, 0.6) is 11.5 Å². The molecule has 176 valence electrons. The molecule has 0 spiro atoms. The van der Waals surface area contributed by atoms with Gasteiger partial charge in [-0.25, -0.2) is 0 Å². The fourth-order valence-corrected chi connectivity index (χ4v) is 4.74. The van der Waals surface area contributed by atoms with E-state index in [1.807, 2.05) is 36.4 Å². The second kappa shape index (κ2) is 8.80. The lowest BCUT2D eigenvalue weighted by Crippen LogP contribution is -2.31. The van der Waals surface area contributed by atoms with E-state index in [0.717, 1.165) is 64.9 Å². The summed E-state index contributed by atoms with van der Waals surface area (Å²) in [7, 11) is 0. The van der Waals surface area contributed by atoms with E-state index in [1.54, 1.807) is 0 Å². The molecular formula is C29H28N4O2. The first-order valence-electron chi connectivity index (χ1n) is 11.8. The predicted octanol–water partition coefficient (Wildman–Crippen LogP) is 5.15. The van der Waals surface area contributed by atoms with Crippen molar-refractivity contribution in [2.45, 2.75) is 19.5 Å². The maximum atomic E-state index is 5.95. The van der Waals surface area contributed by atoms with Crippen molar-refractivity contribution in [1.29, 1.82) is 0 Å². The largest absolute Gasteiger partial charge is 0.473 e. The third-order valence-electron chi connectivity index (χ3n) is 6.65. The molecule has 35 heavy (non-hydrogen) atoms. The molecule has 4 aromatic rings. The quantitative estimate of drug-likeness (QED) is 0.407. The van der Waals surface area contributed by atoms with Gasteiger partial charge in [0, 0.05) is 47.0 Å². The Labute approximate surface area is 205 Å². The molecule has 0 aliphatic carbocycles. The number of nitrogen functional groups attached to an aromatic ring is 2. The third-order valence-corrected chi connectivity index (χ3v) is 6.65. The Hall–Kier alpha value is -4.32. The average molecular weight is 465 g/mol. The van der Waals surface area contributed by atoms with E-state index in [4.69, 9.17) is 20.9 Å². The van der Waals surface area contributed by atoms with Crippen molar-refractivity contribution in [3.05, 3.63) is 107 Å². The lowest BCUT2D eigenvalue weighted by molar-refractivity contribution is 0.289. The first-order valence-corrected chi connectivity index (χ1v) is 11.8. The van der Waals surface area contributed by atoms with Crippen LogP contribution in [0.4, 0.5) is 22.7 Å². The second-order valence-electron chi connectivity index (χ2n) is 9.19. The Kier molecular flexibility index (Phi) is 5.34. The maximum absolute atomic E-state index is 5.95. The van der Waals surface area contributed by atoms with Crippen LogP contribution in [0.15, 0.2) is 84.9 Å². The van der Waals surface area contributed by atoms with E-state index < -0.39 is 0 Å². The first-order chi connectivity index (χ1) is 17.1. The summed E-state index contributed by atoms with van der Waals surface area (Å²) in [6.45, 7) is 2.65. The van der Waals surface area contributed by atoms with Gasteiger partial charge in [0.05, 0.1) is 0 Å². The van der Waals surface area contributed by atoms with Crippen LogP contribution in [0.25, 0.3) is 0 Å². The Morgan fingerprint density at radius 1 is 0.571 bits per heavy atom. The lowest BCUT2D eigenvalue weighted by Gasteiger charge is -2.31. The van der Waals surface area contributed by atoms with Gasteiger partial charge < -0.3 is 30.7 Å². The fraction of sp³-hybridized carbons (Fsp3) is 0.172. The summed E-state index contributed by atoms with van der Waals surface area (Å²) in [4.78, 5) is 4.43.